The highest BCUT2D eigenvalue weighted by molar-refractivity contribution is 5.43. The summed E-state index contributed by atoms with van der Waals surface area (Å²) in [7, 11) is 1.80. The fourth-order valence-electron chi connectivity index (χ4n) is 4.53. The van der Waals surface area contributed by atoms with Gasteiger partial charge in [-0.3, -0.25) is 0 Å². The molecule has 0 radical (unpaired) electrons. The third kappa shape index (κ3) is 1.96. The lowest BCUT2D eigenvalue weighted by Crippen LogP contribution is -2.57. The van der Waals surface area contributed by atoms with Crippen LogP contribution in [0.5, 0.6) is 5.75 Å². The monoisotopic (exact) mass is 271 g/mol. The van der Waals surface area contributed by atoms with Gasteiger partial charge >= 0.3 is 0 Å². The van der Waals surface area contributed by atoms with Crippen LogP contribution in [-0.2, 0) is 5.41 Å². The number of hydrogen-bond acceptors (Lipinski definition) is 2. The zero-order valence-electron chi connectivity index (χ0n) is 12.5. The molecule has 0 aromatic heterocycles. The molecule has 0 unspecified atom stereocenters. The molecule has 3 fully saturated rings. The SMILES string of the molecule is COc1ccccc1C1(CNC2CC2)CC2(CCC2)C1. The molecule has 20 heavy (non-hydrogen) atoms. The van der Waals surface area contributed by atoms with Gasteiger partial charge in [0.1, 0.15) is 5.75 Å². The molecule has 1 N–H and O–H groups in total. The molecule has 3 aliphatic rings. The van der Waals surface area contributed by atoms with Gasteiger partial charge in [0, 0.05) is 23.6 Å². The minimum atomic E-state index is 0.329. The molecule has 0 aliphatic heterocycles. The van der Waals surface area contributed by atoms with Gasteiger partial charge < -0.3 is 10.1 Å². The minimum Gasteiger partial charge on any atom is -0.496 e. The first-order chi connectivity index (χ1) is 9.75. The van der Waals surface area contributed by atoms with E-state index in [1.165, 1.54) is 50.5 Å². The number of para-hydroxylation sites is 1. The first kappa shape index (κ1) is 12.7. The molecular weight excluding hydrogens is 246 g/mol. The summed E-state index contributed by atoms with van der Waals surface area (Å²) in [4.78, 5) is 0. The topological polar surface area (TPSA) is 21.3 Å². The Hall–Kier alpha value is -1.02. The number of hydrogen-bond donors (Lipinski definition) is 1. The van der Waals surface area contributed by atoms with Crippen LogP contribution >= 0.6 is 0 Å². The molecule has 0 heterocycles. The largest absolute Gasteiger partial charge is 0.496 e. The van der Waals surface area contributed by atoms with Gasteiger partial charge in [-0.25, -0.2) is 0 Å². The second kappa shape index (κ2) is 4.49. The zero-order valence-corrected chi connectivity index (χ0v) is 12.5. The summed E-state index contributed by atoms with van der Waals surface area (Å²) in [6.07, 6.45) is 9.80. The summed E-state index contributed by atoms with van der Waals surface area (Å²) in [5.74, 6) is 1.08. The van der Waals surface area contributed by atoms with Crippen LogP contribution in [0, 0.1) is 5.41 Å². The van der Waals surface area contributed by atoms with Gasteiger partial charge in [0.15, 0.2) is 0 Å². The molecule has 3 aliphatic carbocycles. The molecule has 3 saturated carbocycles. The van der Waals surface area contributed by atoms with E-state index in [-0.39, 0.29) is 0 Å². The van der Waals surface area contributed by atoms with Crippen molar-refractivity contribution >= 4 is 0 Å². The van der Waals surface area contributed by atoms with Gasteiger partial charge in [-0.2, -0.15) is 0 Å². The normalized spacial score (nSPS) is 25.9. The summed E-state index contributed by atoms with van der Waals surface area (Å²) in [6.45, 7) is 1.14. The van der Waals surface area contributed by atoms with E-state index in [0.29, 0.717) is 10.8 Å². The average molecular weight is 271 g/mol. The van der Waals surface area contributed by atoms with Crippen molar-refractivity contribution in [3.63, 3.8) is 0 Å². The van der Waals surface area contributed by atoms with Crippen LogP contribution in [0.4, 0.5) is 0 Å². The Kier molecular flexibility index (Phi) is 2.85. The summed E-state index contributed by atoms with van der Waals surface area (Å²) in [5.41, 5.74) is 2.45. The molecule has 4 rings (SSSR count). The van der Waals surface area contributed by atoms with E-state index in [4.69, 9.17) is 4.74 Å². The summed E-state index contributed by atoms with van der Waals surface area (Å²) >= 11 is 0. The van der Waals surface area contributed by atoms with Crippen LogP contribution in [0.15, 0.2) is 24.3 Å². The van der Waals surface area contributed by atoms with Crippen molar-refractivity contribution in [2.75, 3.05) is 13.7 Å². The highest BCUT2D eigenvalue weighted by atomic mass is 16.5. The van der Waals surface area contributed by atoms with Crippen LogP contribution in [0.1, 0.15) is 50.5 Å². The molecule has 2 nitrogen and oxygen atoms in total. The Morgan fingerprint density at radius 2 is 1.95 bits per heavy atom. The quantitative estimate of drug-likeness (QED) is 0.882. The molecule has 1 aromatic carbocycles. The number of rotatable bonds is 5. The highest BCUT2D eigenvalue weighted by Gasteiger charge is 2.58. The predicted octanol–water partition coefficient (Wildman–Crippen LogP) is 3.65. The maximum atomic E-state index is 5.64. The van der Waals surface area contributed by atoms with Crippen molar-refractivity contribution in [2.24, 2.45) is 5.41 Å². The smallest absolute Gasteiger partial charge is 0.122 e. The lowest BCUT2D eigenvalue weighted by atomic mass is 9.43. The van der Waals surface area contributed by atoms with Crippen LogP contribution in [0.3, 0.4) is 0 Å². The zero-order chi connectivity index (χ0) is 13.6. The van der Waals surface area contributed by atoms with Crippen molar-refractivity contribution < 1.29 is 4.74 Å². The van der Waals surface area contributed by atoms with Gasteiger partial charge in [-0.15, -0.1) is 0 Å². The first-order valence-electron chi connectivity index (χ1n) is 8.12. The Bertz CT molecular complexity index is 494. The lowest BCUT2D eigenvalue weighted by Gasteiger charge is -2.62. The first-order valence-corrected chi connectivity index (χ1v) is 8.12. The molecule has 1 spiro atoms. The Morgan fingerprint density at radius 3 is 2.55 bits per heavy atom. The number of methoxy groups -OCH3 is 1. The molecule has 108 valence electrons. The molecule has 0 atom stereocenters. The van der Waals surface area contributed by atoms with Gasteiger partial charge in [0.25, 0.3) is 0 Å². The number of nitrogens with one attached hydrogen (secondary N) is 1. The van der Waals surface area contributed by atoms with E-state index in [9.17, 15) is 0 Å². The standard InChI is InChI=1S/C18H25NO/c1-20-16-6-3-2-5-15(16)18(13-19-14-7-8-14)11-17(12-18)9-4-10-17/h2-3,5-6,14,19H,4,7-13H2,1H3. The van der Waals surface area contributed by atoms with E-state index in [1.54, 1.807) is 7.11 Å². The van der Waals surface area contributed by atoms with Crippen molar-refractivity contribution in [2.45, 2.75) is 56.4 Å². The summed E-state index contributed by atoms with van der Waals surface area (Å²) < 4.78 is 5.64. The minimum absolute atomic E-state index is 0.329. The lowest BCUT2D eigenvalue weighted by molar-refractivity contribution is -0.0492. The van der Waals surface area contributed by atoms with E-state index >= 15 is 0 Å². The maximum absolute atomic E-state index is 5.64. The van der Waals surface area contributed by atoms with Gasteiger partial charge in [0.2, 0.25) is 0 Å². The van der Waals surface area contributed by atoms with Crippen molar-refractivity contribution in [1.82, 2.24) is 5.32 Å². The Morgan fingerprint density at radius 1 is 1.20 bits per heavy atom. The van der Waals surface area contributed by atoms with Crippen LogP contribution in [0.25, 0.3) is 0 Å². The highest BCUT2D eigenvalue weighted by Crippen LogP contribution is 2.65. The van der Waals surface area contributed by atoms with Gasteiger partial charge in [0.05, 0.1) is 7.11 Å². The van der Waals surface area contributed by atoms with Crippen LogP contribution in [0.2, 0.25) is 0 Å². The van der Waals surface area contributed by atoms with Crippen molar-refractivity contribution in [3.8, 4) is 5.75 Å². The summed E-state index contributed by atoms with van der Waals surface area (Å²) in [5, 5.41) is 3.78. The third-order valence-electron chi connectivity index (χ3n) is 5.83. The fourth-order valence-corrected chi connectivity index (χ4v) is 4.53. The van der Waals surface area contributed by atoms with Crippen LogP contribution in [-0.4, -0.2) is 19.7 Å². The maximum Gasteiger partial charge on any atom is 0.122 e. The van der Waals surface area contributed by atoms with Crippen molar-refractivity contribution in [3.05, 3.63) is 29.8 Å². The summed E-state index contributed by atoms with van der Waals surface area (Å²) in [6, 6.07) is 9.46. The third-order valence-corrected chi connectivity index (χ3v) is 5.83. The van der Waals surface area contributed by atoms with E-state index in [1.807, 2.05) is 0 Å². The number of benzene rings is 1. The predicted molar refractivity (Wildman–Crippen MR) is 81.2 cm³/mol. The molecule has 2 heteroatoms. The Balaban J connectivity index is 1.60. The second-order valence-electron chi connectivity index (χ2n) is 7.34. The van der Waals surface area contributed by atoms with Gasteiger partial charge in [-0.05, 0) is 50.0 Å². The van der Waals surface area contributed by atoms with Crippen molar-refractivity contribution in [1.29, 1.82) is 0 Å². The number of ether oxygens (including phenoxy) is 1. The van der Waals surface area contributed by atoms with E-state index in [0.717, 1.165) is 18.3 Å². The van der Waals surface area contributed by atoms with E-state index < -0.39 is 0 Å². The molecule has 1 aromatic rings. The fraction of sp³-hybridized carbons (Fsp3) is 0.667. The van der Waals surface area contributed by atoms with Crippen LogP contribution < -0.4 is 10.1 Å². The van der Waals surface area contributed by atoms with E-state index in [2.05, 4.69) is 29.6 Å². The molecule has 0 bridgehead atoms. The molecule has 0 saturated heterocycles. The van der Waals surface area contributed by atoms with Gasteiger partial charge in [-0.1, -0.05) is 24.6 Å². The molecular formula is C18H25NO. The second-order valence-corrected chi connectivity index (χ2v) is 7.34. The Labute approximate surface area is 121 Å². The molecule has 0 amide bonds. The average Bonchev–Trinajstić information content (AvgIpc) is 3.20.